The average Bonchev–Trinajstić information content (AvgIpc) is 2.85. The minimum absolute atomic E-state index is 0.822. The Morgan fingerprint density at radius 2 is 2.33 bits per heavy atom. The van der Waals surface area contributed by atoms with Gasteiger partial charge in [0, 0.05) is 12.5 Å². The van der Waals surface area contributed by atoms with Crippen molar-refractivity contribution in [3.8, 4) is 0 Å². The number of hydrogen-bond acceptors (Lipinski definition) is 3. The number of aryl methyl sites for hydroxylation is 1. The Bertz CT molecular complexity index is 278. The van der Waals surface area contributed by atoms with Gasteiger partial charge in [0.25, 0.3) is 0 Å². The fraction of sp³-hybridized carbons (Fsp3) is 0.667. The summed E-state index contributed by atoms with van der Waals surface area (Å²) in [5, 5.41) is 6.16. The van der Waals surface area contributed by atoms with Crippen molar-refractivity contribution in [3.63, 3.8) is 0 Å². The molecule has 0 saturated heterocycles. The molecule has 1 aromatic rings. The summed E-state index contributed by atoms with van der Waals surface area (Å²) in [6.07, 6.45) is 5.17. The maximum atomic E-state index is 4.67. The SMILES string of the molecule is C1CNc2sc(C3CC3)nc2C1. The summed E-state index contributed by atoms with van der Waals surface area (Å²) in [5.41, 5.74) is 1.33. The Kier molecular flexibility index (Phi) is 1.41. The molecule has 1 N–H and O–H groups in total. The van der Waals surface area contributed by atoms with Crippen LogP contribution < -0.4 is 5.32 Å². The number of fused-ring (bicyclic) bond motifs is 1. The van der Waals surface area contributed by atoms with E-state index in [-0.39, 0.29) is 0 Å². The molecule has 0 spiro atoms. The number of rotatable bonds is 1. The van der Waals surface area contributed by atoms with Crippen LogP contribution in [0.5, 0.6) is 0 Å². The van der Waals surface area contributed by atoms with E-state index in [1.165, 1.54) is 41.4 Å². The fourth-order valence-corrected chi connectivity index (χ4v) is 2.85. The predicted molar refractivity (Wildman–Crippen MR) is 50.9 cm³/mol. The van der Waals surface area contributed by atoms with E-state index in [2.05, 4.69) is 10.3 Å². The van der Waals surface area contributed by atoms with Gasteiger partial charge in [-0.25, -0.2) is 4.98 Å². The van der Waals surface area contributed by atoms with Gasteiger partial charge in [-0.1, -0.05) is 0 Å². The number of anilines is 1. The molecule has 3 rings (SSSR count). The highest BCUT2D eigenvalue weighted by molar-refractivity contribution is 7.16. The monoisotopic (exact) mass is 180 g/mol. The number of thiazole rings is 1. The highest BCUT2D eigenvalue weighted by atomic mass is 32.1. The molecule has 0 amide bonds. The van der Waals surface area contributed by atoms with Gasteiger partial charge in [0.1, 0.15) is 5.00 Å². The Labute approximate surface area is 76.0 Å². The largest absolute Gasteiger partial charge is 0.375 e. The summed E-state index contributed by atoms with van der Waals surface area (Å²) in [4.78, 5) is 4.67. The minimum atomic E-state index is 0.822. The third kappa shape index (κ3) is 1.04. The van der Waals surface area contributed by atoms with Gasteiger partial charge in [0.15, 0.2) is 0 Å². The molecule has 0 aromatic carbocycles. The molecule has 2 aliphatic rings. The topological polar surface area (TPSA) is 24.9 Å². The van der Waals surface area contributed by atoms with Crippen molar-refractivity contribution < 1.29 is 0 Å². The van der Waals surface area contributed by atoms with Crippen molar-refractivity contribution in [1.82, 2.24) is 4.98 Å². The Morgan fingerprint density at radius 3 is 3.08 bits per heavy atom. The fourth-order valence-electron chi connectivity index (χ4n) is 1.64. The molecule has 12 heavy (non-hydrogen) atoms. The second kappa shape index (κ2) is 2.46. The van der Waals surface area contributed by atoms with Crippen LogP contribution >= 0.6 is 11.3 Å². The lowest BCUT2D eigenvalue weighted by atomic mass is 10.2. The van der Waals surface area contributed by atoms with Crippen molar-refractivity contribution in [2.24, 2.45) is 0 Å². The van der Waals surface area contributed by atoms with Crippen LogP contribution in [-0.4, -0.2) is 11.5 Å². The van der Waals surface area contributed by atoms with Gasteiger partial charge in [-0.05, 0) is 25.7 Å². The van der Waals surface area contributed by atoms with E-state index in [0.717, 1.165) is 12.5 Å². The molecular weight excluding hydrogens is 168 g/mol. The first-order chi connectivity index (χ1) is 5.93. The lowest BCUT2D eigenvalue weighted by Crippen LogP contribution is -2.09. The minimum Gasteiger partial charge on any atom is -0.375 e. The van der Waals surface area contributed by atoms with Gasteiger partial charge in [0.2, 0.25) is 0 Å². The van der Waals surface area contributed by atoms with Crippen molar-refractivity contribution in [3.05, 3.63) is 10.7 Å². The summed E-state index contributed by atoms with van der Waals surface area (Å²) in [7, 11) is 0. The van der Waals surface area contributed by atoms with Gasteiger partial charge >= 0.3 is 0 Å². The van der Waals surface area contributed by atoms with Gasteiger partial charge in [-0.2, -0.15) is 0 Å². The maximum absolute atomic E-state index is 4.67. The van der Waals surface area contributed by atoms with Crippen molar-refractivity contribution >= 4 is 16.3 Å². The number of hydrogen-bond donors (Lipinski definition) is 1. The molecular formula is C9H12N2S. The molecule has 64 valence electrons. The maximum Gasteiger partial charge on any atom is 0.112 e. The first kappa shape index (κ1) is 6.89. The smallest absolute Gasteiger partial charge is 0.112 e. The van der Waals surface area contributed by atoms with Crippen LogP contribution in [0.3, 0.4) is 0 Å². The summed E-state index contributed by atoms with van der Waals surface area (Å²) < 4.78 is 0. The Balaban J connectivity index is 1.97. The van der Waals surface area contributed by atoms with Crippen LogP contribution in [0.25, 0.3) is 0 Å². The first-order valence-electron chi connectivity index (χ1n) is 4.67. The molecule has 2 nitrogen and oxygen atoms in total. The van der Waals surface area contributed by atoms with Gasteiger partial charge in [-0.3, -0.25) is 0 Å². The molecule has 1 fully saturated rings. The summed E-state index contributed by atoms with van der Waals surface area (Å²) in [5.74, 6) is 0.822. The summed E-state index contributed by atoms with van der Waals surface area (Å²) in [6, 6.07) is 0. The molecule has 0 radical (unpaired) electrons. The van der Waals surface area contributed by atoms with E-state index in [9.17, 15) is 0 Å². The van der Waals surface area contributed by atoms with Crippen LogP contribution in [0.15, 0.2) is 0 Å². The van der Waals surface area contributed by atoms with Crippen molar-refractivity contribution in [1.29, 1.82) is 0 Å². The van der Waals surface area contributed by atoms with Crippen molar-refractivity contribution in [2.75, 3.05) is 11.9 Å². The van der Waals surface area contributed by atoms with E-state index < -0.39 is 0 Å². The molecule has 3 heteroatoms. The third-order valence-corrected chi connectivity index (χ3v) is 3.73. The molecule has 2 heterocycles. The number of nitrogens with zero attached hydrogens (tertiary/aromatic N) is 1. The predicted octanol–water partition coefficient (Wildman–Crippen LogP) is 2.38. The first-order valence-corrected chi connectivity index (χ1v) is 5.48. The highest BCUT2D eigenvalue weighted by Crippen LogP contribution is 2.44. The zero-order valence-electron chi connectivity index (χ0n) is 6.97. The lowest BCUT2D eigenvalue weighted by Gasteiger charge is -2.10. The Morgan fingerprint density at radius 1 is 1.42 bits per heavy atom. The quantitative estimate of drug-likeness (QED) is 0.717. The van der Waals surface area contributed by atoms with E-state index in [1.807, 2.05) is 11.3 Å². The van der Waals surface area contributed by atoms with E-state index in [4.69, 9.17) is 0 Å². The molecule has 1 aliphatic heterocycles. The van der Waals surface area contributed by atoms with Crippen LogP contribution in [-0.2, 0) is 6.42 Å². The number of nitrogens with one attached hydrogen (secondary N) is 1. The number of aromatic nitrogens is 1. The van der Waals surface area contributed by atoms with Gasteiger partial charge in [0.05, 0.1) is 10.7 Å². The van der Waals surface area contributed by atoms with Crippen molar-refractivity contribution in [2.45, 2.75) is 31.6 Å². The Hall–Kier alpha value is -0.570. The second-order valence-electron chi connectivity index (χ2n) is 3.63. The lowest BCUT2D eigenvalue weighted by molar-refractivity contribution is 0.807. The van der Waals surface area contributed by atoms with Crippen LogP contribution in [0.1, 0.15) is 35.9 Å². The molecule has 0 unspecified atom stereocenters. The van der Waals surface area contributed by atoms with E-state index in [0.29, 0.717) is 0 Å². The second-order valence-corrected chi connectivity index (χ2v) is 4.66. The van der Waals surface area contributed by atoms with E-state index in [1.54, 1.807) is 0 Å². The van der Waals surface area contributed by atoms with Crippen LogP contribution in [0.4, 0.5) is 5.00 Å². The summed E-state index contributed by atoms with van der Waals surface area (Å²) >= 11 is 1.88. The normalized spacial score (nSPS) is 21.7. The van der Waals surface area contributed by atoms with Crippen LogP contribution in [0.2, 0.25) is 0 Å². The van der Waals surface area contributed by atoms with E-state index >= 15 is 0 Å². The zero-order valence-corrected chi connectivity index (χ0v) is 7.78. The molecule has 0 atom stereocenters. The van der Waals surface area contributed by atoms with Crippen LogP contribution in [0, 0.1) is 0 Å². The van der Waals surface area contributed by atoms with Gasteiger partial charge < -0.3 is 5.32 Å². The standard InChI is InChI=1S/C9H12N2S/c1-2-7-9(10-5-1)12-8(11-7)6-3-4-6/h6,10H,1-5H2. The molecule has 0 bridgehead atoms. The molecule has 1 aromatic heterocycles. The molecule has 1 saturated carbocycles. The summed E-state index contributed by atoms with van der Waals surface area (Å²) in [6.45, 7) is 1.14. The third-order valence-electron chi connectivity index (χ3n) is 2.52. The highest BCUT2D eigenvalue weighted by Gasteiger charge is 2.28. The average molecular weight is 180 g/mol. The molecule has 1 aliphatic carbocycles. The van der Waals surface area contributed by atoms with Gasteiger partial charge in [-0.15, -0.1) is 11.3 Å². The zero-order chi connectivity index (χ0) is 7.97.